The highest BCUT2D eigenvalue weighted by molar-refractivity contribution is 6.31. The second kappa shape index (κ2) is 12.2. The van der Waals surface area contributed by atoms with Crippen LogP contribution in [0, 0.1) is 5.82 Å². The van der Waals surface area contributed by atoms with Gasteiger partial charge in [-0.1, -0.05) is 11.6 Å². The van der Waals surface area contributed by atoms with E-state index >= 15 is 0 Å². The number of aliphatic hydroxyl groups is 1. The van der Waals surface area contributed by atoms with Crippen molar-refractivity contribution in [3.8, 4) is 22.8 Å². The second-order valence-electron chi connectivity index (χ2n) is 10.5. The number of pyridine rings is 1. The van der Waals surface area contributed by atoms with Crippen LogP contribution >= 0.6 is 11.6 Å². The van der Waals surface area contributed by atoms with Crippen LogP contribution in [-0.2, 0) is 11.0 Å². The number of aliphatic hydroxyl groups excluding tert-OH is 1. The molecule has 12 heteroatoms. The number of nitrogens with one attached hydrogen (secondary N) is 1. The van der Waals surface area contributed by atoms with Crippen LogP contribution in [0.5, 0.6) is 11.5 Å². The van der Waals surface area contributed by atoms with Crippen LogP contribution in [0.2, 0.25) is 5.02 Å². The van der Waals surface area contributed by atoms with E-state index in [2.05, 4.69) is 10.3 Å². The minimum absolute atomic E-state index is 0.0242. The molecule has 3 aromatic rings. The van der Waals surface area contributed by atoms with E-state index in [0.29, 0.717) is 11.1 Å². The molecule has 0 bridgehead atoms. The van der Waals surface area contributed by atoms with Crippen LogP contribution < -0.4 is 20.5 Å². The highest BCUT2D eigenvalue weighted by Gasteiger charge is 2.54. The molecule has 1 amide bonds. The molecule has 0 aliphatic carbocycles. The van der Waals surface area contributed by atoms with E-state index in [1.165, 1.54) is 56.5 Å². The van der Waals surface area contributed by atoms with Crippen molar-refractivity contribution in [1.82, 2.24) is 10.3 Å². The van der Waals surface area contributed by atoms with Gasteiger partial charge in [-0.3, -0.25) is 9.78 Å². The number of carbonyl (C=O) groups excluding carboxylic acids is 1. The van der Waals surface area contributed by atoms with Crippen molar-refractivity contribution in [2.45, 2.75) is 50.9 Å². The van der Waals surface area contributed by atoms with E-state index in [-0.39, 0.29) is 34.4 Å². The topological polar surface area (TPSA) is 107 Å². The number of nitrogens with zero attached hydrogens (tertiary/aromatic N) is 1. The third kappa shape index (κ3) is 7.46. The van der Waals surface area contributed by atoms with Gasteiger partial charge in [0.15, 0.2) is 11.5 Å². The molecule has 2 atom stereocenters. The van der Waals surface area contributed by atoms with Gasteiger partial charge in [-0.25, -0.2) is 4.39 Å². The number of halogens is 5. The van der Waals surface area contributed by atoms with Crippen molar-refractivity contribution in [1.29, 1.82) is 0 Å². The molecule has 0 fully saturated rings. The fourth-order valence-electron chi connectivity index (χ4n) is 3.82. The summed E-state index contributed by atoms with van der Waals surface area (Å²) < 4.78 is 68.5. The standard InChI is InChI=1S/C29H32ClF4N3O4/c1-16(38)14-41-23-9-7-18(11-24(23)40-5)26(39)36-15-28(4,29(32,33)34)25-13-19(27(2,3)35)12-22(37-25)17-6-8-21(31)20(30)10-17/h6-13,16,38H,14-15,35H2,1-5H3,(H,36,39)/t16-,28?/m1/s1. The van der Waals surface area contributed by atoms with Crippen molar-refractivity contribution in [2.75, 3.05) is 20.3 Å². The third-order valence-corrected chi connectivity index (χ3v) is 6.77. The quantitative estimate of drug-likeness (QED) is 0.257. The molecule has 7 nitrogen and oxygen atoms in total. The first-order valence-electron chi connectivity index (χ1n) is 12.6. The molecule has 1 unspecified atom stereocenters. The Kier molecular flexibility index (Phi) is 9.57. The zero-order chi connectivity index (χ0) is 30.8. The molecular weight excluding hydrogens is 566 g/mol. The summed E-state index contributed by atoms with van der Waals surface area (Å²) in [4.78, 5) is 17.3. The molecule has 41 heavy (non-hydrogen) atoms. The zero-order valence-corrected chi connectivity index (χ0v) is 24.0. The third-order valence-electron chi connectivity index (χ3n) is 6.48. The summed E-state index contributed by atoms with van der Waals surface area (Å²) in [6.45, 7) is 4.83. The van der Waals surface area contributed by atoms with Crippen LogP contribution in [0.4, 0.5) is 17.6 Å². The number of alkyl halides is 3. The number of rotatable bonds is 10. The Balaban J connectivity index is 2.00. The van der Waals surface area contributed by atoms with Gasteiger partial charge in [0, 0.05) is 23.2 Å². The Morgan fingerprint density at radius 3 is 2.34 bits per heavy atom. The lowest BCUT2D eigenvalue weighted by atomic mass is 9.82. The SMILES string of the molecule is COc1cc(C(=O)NCC(C)(c2cc(C(C)(C)N)cc(-c3ccc(F)c(Cl)c3)n2)C(F)(F)F)ccc1OC[C@@H](C)O. The Morgan fingerprint density at radius 1 is 1.10 bits per heavy atom. The lowest BCUT2D eigenvalue weighted by molar-refractivity contribution is -0.184. The normalized spacial score (nSPS) is 14.2. The summed E-state index contributed by atoms with van der Waals surface area (Å²) in [6.07, 6.45) is -5.60. The van der Waals surface area contributed by atoms with Crippen molar-refractivity contribution in [2.24, 2.45) is 5.73 Å². The molecule has 0 aliphatic heterocycles. The molecule has 1 aromatic heterocycles. The monoisotopic (exact) mass is 597 g/mol. The number of hydrogen-bond acceptors (Lipinski definition) is 6. The number of hydrogen-bond donors (Lipinski definition) is 3. The maximum Gasteiger partial charge on any atom is 0.401 e. The molecular formula is C29H32ClF4N3O4. The van der Waals surface area contributed by atoms with Gasteiger partial charge in [0.2, 0.25) is 0 Å². The van der Waals surface area contributed by atoms with Gasteiger partial charge >= 0.3 is 6.18 Å². The summed E-state index contributed by atoms with van der Waals surface area (Å²) >= 11 is 5.92. The van der Waals surface area contributed by atoms with Crippen molar-refractivity contribution in [3.63, 3.8) is 0 Å². The van der Waals surface area contributed by atoms with Crippen molar-refractivity contribution in [3.05, 3.63) is 76.2 Å². The second-order valence-corrected chi connectivity index (χ2v) is 10.9. The Bertz CT molecular complexity index is 1410. The average Bonchev–Trinajstić information content (AvgIpc) is 2.90. The number of ether oxygens (including phenoxy) is 2. The molecule has 0 saturated heterocycles. The summed E-state index contributed by atoms with van der Waals surface area (Å²) in [7, 11) is 1.34. The first kappa shape index (κ1) is 32.1. The Hall–Kier alpha value is -3.41. The summed E-state index contributed by atoms with van der Waals surface area (Å²) in [6, 6.07) is 10.6. The predicted molar refractivity (Wildman–Crippen MR) is 148 cm³/mol. The van der Waals surface area contributed by atoms with Crippen molar-refractivity contribution < 1.29 is 36.9 Å². The lowest BCUT2D eigenvalue weighted by Gasteiger charge is -2.33. The summed E-state index contributed by atoms with van der Waals surface area (Å²) in [5.41, 5.74) is 2.94. The van der Waals surface area contributed by atoms with E-state index in [0.717, 1.165) is 13.0 Å². The summed E-state index contributed by atoms with van der Waals surface area (Å²) in [5.74, 6) is -1.06. The van der Waals surface area contributed by atoms with Crippen LogP contribution in [0.1, 0.15) is 49.3 Å². The number of carbonyl (C=O) groups is 1. The first-order chi connectivity index (χ1) is 19.0. The minimum Gasteiger partial charge on any atom is -0.493 e. The van der Waals surface area contributed by atoms with Gasteiger partial charge in [-0.2, -0.15) is 13.2 Å². The summed E-state index contributed by atoms with van der Waals surface area (Å²) in [5, 5.41) is 11.6. The van der Waals surface area contributed by atoms with Gasteiger partial charge in [0.25, 0.3) is 5.91 Å². The molecule has 1 heterocycles. The highest BCUT2D eigenvalue weighted by Crippen LogP contribution is 2.42. The van der Waals surface area contributed by atoms with E-state index < -0.39 is 47.2 Å². The maximum absolute atomic E-state index is 14.7. The van der Waals surface area contributed by atoms with Crippen LogP contribution in [0.25, 0.3) is 11.3 Å². The number of benzene rings is 2. The van der Waals surface area contributed by atoms with E-state index in [1.54, 1.807) is 13.8 Å². The van der Waals surface area contributed by atoms with E-state index in [4.69, 9.17) is 26.8 Å². The molecule has 2 aromatic carbocycles. The fraction of sp³-hybridized carbons (Fsp3) is 0.379. The molecule has 0 saturated carbocycles. The number of amides is 1. The first-order valence-corrected chi connectivity index (χ1v) is 12.9. The van der Waals surface area contributed by atoms with Crippen LogP contribution in [0.15, 0.2) is 48.5 Å². The van der Waals surface area contributed by atoms with Crippen LogP contribution in [-0.4, -0.2) is 48.5 Å². The van der Waals surface area contributed by atoms with Crippen LogP contribution in [0.3, 0.4) is 0 Å². The molecule has 0 spiro atoms. The van der Waals surface area contributed by atoms with Gasteiger partial charge in [0.05, 0.1) is 29.6 Å². The number of nitrogens with two attached hydrogens (primary N) is 1. The highest BCUT2D eigenvalue weighted by atomic mass is 35.5. The fourth-order valence-corrected chi connectivity index (χ4v) is 4.00. The lowest BCUT2D eigenvalue weighted by Crippen LogP contribution is -2.49. The molecule has 3 rings (SSSR count). The number of methoxy groups -OCH3 is 1. The van der Waals surface area contributed by atoms with E-state index in [1.807, 2.05) is 0 Å². The van der Waals surface area contributed by atoms with E-state index in [9.17, 15) is 27.5 Å². The molecule has 0 radical (unpaired) electrons. The largest absolute Gasteiger partial charge is 0.493 e. The Morgan fingerprint density at radius 2 is 1.78 bits per heavy atom. The van der Waals surface area contributed by atoms with Crippen molar-refractivity contribution >= 4 is 17.5 Å². The average molecular weight is 598 g/mol. The predicted octanol–water partition coefficient (Wildman–Crippen LogP) is 5.75. The molecule has 222 valence electrons. The maximum atomic E-state index is 14.7. The Labute approximate surface area is 240 Å². The zero-order valence-electron chi connectivity index (χ0n) is 23.2. The molecule has 4 N–H and O–H groups in total. The molecule has 0 aliphatic rings. The van der Waals surface area contributed by atoms with Gasteiger partial charge in [-0.05, 0) is 81.8 Å². The minimum atomic E-state index is -4.85. The van der Waals surface area contributed by atoms with Gasteiger partial charge < -0.3 is 25.6 Å². The number of aromatic nitrogens is 1. The van der Waals surface area contributed by atoms with Gasteiger partial charge in [0.1, 0.15) is 17.8 Å². The smallest absolute Gasteiger partial charge is 0.401 e. The van der Waals surface area contributed by atoms with Gasteiger partial charge in [-0.15, -0.1) is 0 Å².